The fourth-order valence-corrected chi connectivity index (χ4v) is 1.70. The summed E-state index contributed by atoms with van der Waals surface area (Å²) in [6, 6.07) is 5.60. The van der Waals surface area contributed by atoms with E-state index in [1.807, 2.05) is 19.1 Å². The van der Waals surface area contributed by atoms with Crippen molar-refractivity contribution in [2.24, 2.45) is 0 Å². The van der Waals surface area contributed by atoms with Crippen LogP contribution in [0, 0.1) is 0 Å². The Labute approximate surface area is 116 Å². The molecule has 1 aromatic carbocycles. The highest BCUT2D eigenvalue weighted by atomic mass is 79.9. The van der Waals surface area contributed by atoms with Crippen molar-refractivity contribution in [2.75, 3.05) is 19.5 Å². The first-order valence-electron chi connectivity index (χ1n) is 5.67. The van der Waals surface area contributed by atoms with E-state index in [1.165, 1.54) is 0 Å². The summed E-state index contributed by atoms with van der Waals surface area (Å²) in [6.07, 6.45) is 0.331. The number of halogens is 1. The number of carbonyl (C=O) groups excluding carboxylic acids is 1. The van der Waals surface area contributed by atoms with Crippen LogP contribution < -0.4 is 14.8 Å². The van der Waals surface area contributed by atoms with E-state index in [9.17, 15) is 4.79 Å². The van der Waals surface area contributed by atoms with Gasteiger partial charge in [-0.15, -0.1) is 0 Å². The molecule has 0 saturated heterocycles. The van der Waals surface area contributed by atoms with E-state index in [1.54, 1.807) is 20.3 Å². The van der Waals surface area contributed by atoms with Crippen LogP contribution >= 0.6 is 15.9 Å². The van der Waals surface area contributed by atoms with Crippen molar-refractivity contribution in [3.63, 3.8) is 0 Å². The molecule has 100 valence electrons. The molecule has 0 aliphatic carbocycles. The number of hydrogen-bond donors (Lipinski definition) is 1. The van der Waals surface area contributed by atoms with Gasteiger partial charge in [0.2, 0.25) is 5.91 Å². The molecule has 0 heterocycles. The molecule has 0 fully saturated rings. The number of hydrogen-bond acceptors (Lipinski definition) is 3. The van der Waals surface area contributed by atoms with Gasteiger partial charge in [0.25, 0.3) is 0 Å². The summed E-state index contributed by atoms with van der Waals surface area (Å²) in [4.78, 5) is 11.7. The molecule has 1 amide bonds. The molecule has 1 unspecified atom stereocenters. The van der Waals surface area contributed by atoms with Crippen molar-refractivity contribution in [3.8, 4) is 11.5 Å². The molecule has 0 spiro atoms. The number of carbonyl (C=O) groups is 1. The molecule has 0 saturated carbocycles. The lowest BCUT2D eigenvalue weighted by molar-refractivity contribution is -0.120. The van der Waals surface area contributed by atoms with Crippen LogP contribution in [0.3, 0.4) is 0 Å². The van der Waals surface area contributed by atoms with Crippen LogP contribution in [-0.4, -0.2) is 31.5 Å². The Morgan fingerprint density at radius 2 is 2.00 bits per heavy atom. The Morgan fingerprint density at radius 1 is 1.33 bits per heavy atom. The van der Waals surface area contributed by atoms with Gasteiger partial charge in [-0.25, -0.2) is 0 Å². The second-order valence-electron chi connectivity index (χ2n) is 3.99. The van der Waals surface area contributed by atoms with Crippen LogP contribution in [0.1, 0.15) is 12.5 Å². The quantitative estimate of drug-likeness (QED) is 0.818. The van der Waals surface area contributed by atoms with Gasteiger partial charge in [0.1, 0.15) is 0 Å². The monoisotopic (exact) mass is 315 g/mol. The van der Waals surface area contributed by atoms with E-state index in [4.69, 9.17) is 9.47 Å². The summed E-state index contributed by atoms with van der Waals surface area (Å²) in [5, 5.41) is 3.63. The Hall–Kier alpha value is -1.23. The average Bonchev–Trinajstić information content (AvgIpc) is 2.38. The number of amides is 1. The molecule has 4 nitrogen and oxygen atoms in total. The zero-order chi connectivity index (χ0) is 13.5. The fraction of sp³-hybridized carbons (Fsp3) is 0.462. The predicted molar refractivity (Wildman–Crippen MR) is 74.6 cm³/mol. The highest BCUT2D eigenvalue weighted by Gasteiger charge is 2.09. The number of benzene rings is 1. The molecule has 0 radical (unpaired) electrons. The number of alkyl halides is 1. The largest absolute Gasteiger partial charge is 0.493 e. The molecule has 0 bridgehead atoms. The van der Waals surface area contributed by atoms with E-state index < -0.39 is 0 Å². The van der Waals surface area contributed by atoms with Crippen LogP contribution in [0.15, 0.2) is 18.2 Å². The summed E-state index contributed by atoms with van der Waals surface area (Å²) in [5.41, 5.74) is 0.895. The van der Waals surface area contributed by atoms with Crippen LogP contribution in [0.2, 0.25) is 0 Å². The molecular weight excluding hydrogens is 298 g/mol. The SMILES string of the molecule is COc1ccc(CC(=O)NC(C)CBr)cc1OC. The lowest BCUT2D eigenvalue weighted by atomic mass is 10.1. The van der Waals surface area contributed by atoms with Gasteiger partial charge in [0, 0.05) is 11.4 Å². The Morgan fingerprint density at radius 3 is 2.56 bits per heavy atom. The zero-order valence-corrected chi connectivity index (χ0v) is 12.4. The highest BCUT2D eigenvalue weighted by Crippen LogP contribution is 2.27. The molecular formula is C13H18BrNO3. The number of methoxy groups -OCH3 is 2. The van der Waals surface area contributed by atoms with Gasteiger partial charge in [0.15, 0.2) is 11.5 Å². The highest BCUT2D eigenvalue weighted by molar-refractivity contribution is 9.09. The molecule has 1 atom stereocenters. The van der Waals surface area contributed by atoms with E-state index in [0.29, 0.717) is 17.9 Å². The minimum absolute atomic E-state index is 0.00540. The van der Waals surface area contributed by atoms with Crippen molar-refractivity contribution in [1.82, 2.24) is 5.32 Å². The summed E-state index contributed by atoms with van der Waals surface area (Å²) < 4.78 is 10.3. The summed E-state index contributed by atoms with van der Waals surface area (Å²) in [6.45, 7) is 1.95. The predicted octanol–water partition coefficient (Wildman–Crippen LogP) is 2.15. The van der Waals surface area contributed by atoms with Crippen molar-refractivity contribution in [3.05, 3.63) is 23.8 Å². The third kappa shape index (κ3) is 4.22. The molecule has 5 heteroatoms. The Bertz CT molecular complexity index is 409. The maximum atomic E-state index is 11.7. The summed E-state index contributed by atoms with van der Waals surface area (Å²) in [5.74, 6) is 1.29. The third-order valence-corrected chi connectivity index (χ3v) is 3.42. The van der Waals surface area contributed by atoms with Gasteiger partial charge in [0.05, 0.1) is 20.6 Å². The molecule has 18 heavy (non-hydrogen) atoms. The fourth-order valence-electron chi connectivity index (χ4n) is 1.54. The van der Waals surface area contributed by atoms with Gasteiger partial charge in [-0.05, 0) is 24.6 Å². The van der Waals surface area contributed by atoms with Crippen LogP contribution in [0.5, 0.6) is 11.5 Å². The minimum atomic E-state index is -0.00540. The smallest absolute Gasteiger partial charge is 0.224 e. The average molecular weight is 316 g/mol. The van der Waals surface area contributed by atoms with Crippen LogP contribution in [0.25, 0.3) is 0 Å². The van der Waals surface area contributed by atoms with Crippen molar-refractivity contribution < 1.29 is 14.3 Å². The normalized spacial score (nSPS) is 11.8. The Balaban J connectivity index is 2.70. The number of nitrogens with one attached hydrogen (secondary N) is 1. The standard InChI is InChI=1S/C13H18BrNO3/c1-9(8-14)15-13(16)7-10-4-5-11(17-2)12(6-10)18-3/h4-6,9H,7-8H2,1-3H3,(H,15,16). The molecule has 1 N–H and O–H groups in total. The van der Waals surface area contributed by atoms with Crippen molar-refractivity contribution in [1.29, 1.82) is 0 Å². The maximum absolute atomic E-state index is 11.7. The van der Waals surface area contributed by atoms with E-state index in [-0.39, 0.29) is 11.9 Å². The van der Waals surface area contributed by atoms with Crippen molar-refractivity contribution in [2.45, 2.75) is 19.4 Å². The van der Waals surface area contributed by atoms with Gasteiger partial charge < -0.3 is 14.8 Å². The molecule has 1 aromatic rings. The number of rotatable bonds is 6. The molecule has 0 aliphatic rings. The lowest BCUT2D eigenvalue weighted by Crippen LogP contribution is -2.34. The van der Waals surface area contributed by atoms with Crippen LogP contribution in [-0.2, 0) is 11.2 Å². The van der Waals surface area contributed by atoms with E-state index in [2.05, 4.69) is 21.2 Å². The first-order chi connectivity index (χ1) is 8.60. The van der Waals surface area contributed by atoms with E-state index in [0.717, 1.165) is 10.9 Å². The van der Waals surface area contributed by atoms with E-state index >= 15 is 0 Å². The van der Waals surface area contributed by atoms with Gasteiger partial charge >= 0.3 is 0 Å². The zero-order valence-electron chi connectivity index (χ0n) is 10.8. The first kappa shape index (κ1) is 14.8. The second kappa shape index (κ2) is 7.26. The maximum Gasteiger partial charge on any atom is 0.224 e. The Kier molecular flexibility index (Phi) is 5.98. The third-order valence-electron chi connectivity index (χ3n) is 2.45. The topological polar surface area (TPSA) is 47.6 Å². The molecule has 0 aromatic heterocycles. The first-order valence-corrected chi connectivity index (χ1v) is 6.79. The summed E-state index contributed by atoms with van der Waals surface area (Å²) >= 11 is 3.32. The minimum Gasteiger partial charge on any atom is -0.493 e. The molecule has 0 aliphatic heterocycles. The summed E-state index contributed by atoms with van der Waals surface area (Å²) in [7, 11) is 3.16. The lowest BCUT2D eigenvalue weighted by Gasteiger charge is -2.12. The number of ether oxygens (including phenoxy) is 2. The van der Waals surface area contributed by atoms with Crippen LogP contribution in [0.4, 0.5) is 0 Å². The second-order valence-corrected chi connectivity index (χ2v) is 4.64. The van der Waals surface area contributed by atoms with Crippen molar-refractivity contribution >= 4 is 21.8 Å². The van der Waals surface area contributed by atoms with Gasteiger partial charge in [-0.3, -0.25) is 4.79 Å². The van der Waals surface area contributed by atoms with Gasteiger partial charge in [-0.2, -0.15) is 0 Å². The molecule has 1 rings (SSSR count). The van der Waals surface area contributed by atoms with Gasteiger partial charge in [-0.1, -0.05) is 22.0 Å².